The molecule has 2 saturated heterocycles. The highest BCUT2D eigenvalue weighted by Crippen LogP contribution is 2.36. The lowest BCUT2D eigenvalue weighted by Crippen LogP contribution is -2.73. The number of hydrogen-bond donors (Lipinski definition) is 2. The number of amides is 3. The minimum atomic E-state index is -0.738. The zero-order chi connectivity index (χ0) is 30.2. The van der Waals surface area contributed by atoms with Gasteiger partial charge in [0.05, 0.1) is 7.11 Å². The first-order valence-corrected chi connectivity index (χ1v) is 16.3. The van der Waals surface area contributed by atoms with E-state index in [1.54, 1.807) is 7.11 Å². The van der Waals surface area contributed by atoms with Gasteiger partial charge in [0.15, 0.2) is 0 Å². The molecule has 5 rings (SSSR count). The number of methoxy groups -OCH3 is 1. The van der Waals surface area contributed by atoms with Crippen LogP contribution in [0.2, 0.25) is 0 Å². The van der Waals surface area contributed by atoms with Crippen molar-refractivity contribution in [3.05, 3.63) is 65.2 Å². The van der Waals surface area contributed by atoms with E-state index in [0.717, 1.165) is 55.8 Å². The molecular formula is C35H48N4O4. The van der Waals surface area contributed by atoms with Gasteiger partial charge < -0.3 is 20.3 Å². The van der Waals surface area contributed by atoms with Gasteiger partial charge in [-0.15, -0.1) is 0 Å². The summed E-state index contributed by atoms with van der Waals surface area (Å²) in [5.74, 6) is 1.40. The zero-order valence-electron chi connectivity index (χ0n) is 25.9. The molecule has 2 aromatic rings. The summed E-state index contributed by atoms with van der Waals surface area (Å²) in [6.45, 7) is 5.50. The molecule has 1 atom stereocenters. The Morgan fingerprint density at radius 1 is 0.977 bits per heavy atom. The molecule has 0 bridgehead atoms. The van der Waals surface area contributed by atoms with Crippen LogP contribution in [0.25, 0.3) is 0 Å². The van der Waals surface area contributed by atoms with Crippen LogP contribution in [0.1, 0.15) is 92.6 Å². The van der Waals surface area contributed by atoms with Gasteiger partial charge in [0.1, 0.15) is 17.3 Å². The Morgan fingerprint density at radius 2 is 1.65 bits per heavy atom. The van der Waals surface area contributed by atoms with E-state index in [9.17, 15) is 14.4 Å². The molecule has 0 radical (unpaired) electrons. The van der Waals surface area contributed by atoms with Gasteiger partial charge in [-0.2, -0.15) is 0 Å². The van der Waals surface area contributed by atoms with E-state index < -0.39 is 5.54 Å². The van der Waals surface area contributed by atoms with E-state index >= 15 is 0 Å². The average molecular weight is 589 g/mol. The number of likely N-dealkylation sites (tertiary alicyclic amines) is 1. The third-order valence-corrected chi connectivity index (χ3v) is 9.76. The lowest BCUT2D eigenvalue weighted by atomic mass is 9.79. The first-order valence-electron chi connectivity index (χ1n) is 16.3. The van der Waals surface area contributed by atoms with E-state index in [-0.39, 0.29) is 23.8 Å². The summed E-state index contributed by atoms with van der Waals surface area (Å²) in [7, 11) is 1.63. The molecule has 3 fully saturated rings. The van der Waals surface area contributed by atoms with Crippen LogP contribution < -0.4 is 15.4 Å². The molecule has 2 N–H and O–H groups in total. The number of rotatable bonds is 11. The zero-order valence-corrected chi connectivity index (χ0v) is 25.9. The maximum Gasteiger partial charge on any atom is 0.251 e. The highest BCUT2D eigenvalue weighted by molar-refractivity contribution is 6.00. The number of nitrogens with zero attached hydrogens (tertiary/aromatic N) is 2. The van der Waals surface area contributed by atoms with Crippen molar-refractivity contribution in [2.24, 2.45) is 5.92 Å². The fraction of sp³-hybridized carbons (Fsp3) is 0.571. The second-order valence-electron chi connectivity index (χ2n) is 12.6. The van der Waals surface area contributed by atoms with Gasteiger partial charge in [-0.3, -0.25) is 19.3 Å². The SMILES string of the molecule is CCCCN1C(=O)C(CC2CCCCC2)NC(=O)C12CCN(Cc1ccc(C(=O)NCc3ccc(OC)cc3)cc1)CC2. The largest absolute Gasteiger partial charge is 0.497 e. The van der Waals surface area contributed by atoms with Gasteiger partial charge in [-0.25, -0.2) is 0 Å². The van der Waals surface area contributed by atoms with E-state index in [2.05, 4.69) is 22.5 Å². The number of benzene rings is 2. The number of ether oxygens (including phenoxy) is 1. The molecule has 3 aliphatic rings. The molecule has 1 unspecified atom stereocenters. The van der Waals surface area contributed by atoms with Gasteiger partial charge in [-0.1, -0.05) is 69.7 Å². The molecule has 8 nitrogen and oxygen atoms in total. The summed E-state index contributed by atoms with van der Waals surface area (Å²) in [5, 5.41) is 6.17. The van der Waals surface area contributed by atoms with Crippen molar-refractivity contribution < 1.29 is 19.1 Å². The Morgan fingerprint density at radius 3 is 2.30 bits per heavy atom. The lowest BCUT2D eigenvalue weighted by Gasteiger charge is -2.52. The highest BCUT2D eigenvalue weighted by Gasteiger charge is 2.53. The number of unbranched alkanes of at least 4 members (excludes halogenated alkanes) is 1. The number of nitrogens with one attached hydrogen (secondary N) is 2. The Labute approximate surface area is 256 Å². The second kappa shape index (κ2) is 14.4. The minimum Gasteiger partial charge on any atom is -0.497 e. The van der Waals surface area contributed by atoms with Crippen LogP contribution in [0.3, 0.4) is 0 Å². The smallest absolute Gasteiger partial charge is 0.251 e. The number of piperidine rings is 1. The Bertz CT molecular complexity index is 1230. The van der Waals surface area contributed by atoms with Gasteiger partial charge in [-0.05, 0) is 67.0 Å². The molecule has 43 heavy (non-hydrogen) atoms. The summed E-state index contributed by atoms with van der Waals surface area (Å²) in [4.78, 5) is 44.5. The minimum absolute atomic E-state index is 0.0497. The molecule has 8 heteroatoms. The fourth-order valence-electron chi connectivity index (χ4n) is 7.06. The first kappa shape index (κ1) is 31.0. The normalized spacial score (nSPS) is 21.1. The molecule has 2 heterocycles. The molecule has 1 aliphatic carbocycles. The van der Waals surface area contributed by atoms with E-state index in [0.29, 0.717) is 37.4 Å². The van der Waals surface area contributed by atoms with Crippen LogP contribution in [0, 0.1) is 5.92 Å². The van der Waals surface area contributed by atoms with Crippen LogP contribution in [0.15, 0.2) is 48.5 Å². The monoisotopic (exact) mass is 588 g/mol. The summed E-state index contributed by atoms with van der Waals surface area (Å²) in [5.41, 5.74) is 2.02. The number of carbonyl (C=O) groups is 3. The highest BCUT2D eigenvalue weighted by atomic mass is 16.5. The molecule has 1 spiro atoms. The van der Waals surface area contributed by atoms with E-state index in [4.69, 9.17) is 4.74 Å². The molecule has 0 aromatic heterocycles. The van der Waals surface area contributed by atoms with Crippen molar-refractivity contribution in [1.29, 1.82) is 0 Å². The van der Waals surface area contributed by atoms with Crippen LogP contribution in [0.4, 0.5) is 0 Å². The topological polar surface area (TPSA) is 91.0 Å². The van der Waals surface area contributed by atoms with E-state index in [1.807, 2.05) is 53.4 Å². The van der Waals surface area contributed by atoms with Crippen LogP contribution in [-0.4, -0.2) is 65.8 Å². The lowest BCUT2D eigenvalue weighted by molar-refractivity contribution is -0.162. The Balaban J connectivity index is 1.15. The first-order chi connectivity index (χ1) is 20.9. The number of piperazine rings is 1. The van der Waals surface area contributed by atoms with Crippen molar-refractivity contribution in [2.45, 2.75) is 95.8 Å². The third kappa shape index (κ3) is 7.40. The summed E-state index contributed by atoms with van der Waals surface area (Å²) >= 11 is 0. The quantitative estimate of drug-likeness (QED) is 0.383. The van der Waals surface area contributed by atoms with Crippen molar-refractivity contribution >= 4 is 17.7 Å². The van der Waals surface area contributed by atoms with Crippen molar-refractivity contribution in [2.75, 3.05) is 26.7 Å². The van der Waals surface area contributed by atoms with Gasteiger partial charge in [0.25, 0.3) is 5.91 Å². The van der Waals surface area contributed by atoms with Gasteiger partial charge in [0.2, 0.25) is 11.8 Å². The maximum absolute atomic E-state index is 13.8. The maximum atomic E-state index is 13.8. The number of hydrogen-bond acceptors (Lipinski definition) is 5. The van der Waals surface area contributed by atoms with Crippen LogP contribution >= 0.6 is 0 Å². The second-order valence-corrected chi connectivity index (χ2v) is 12.6. The summed E-state index contributed by atoms with van der Waals surface area (Å²) in [6.07, 6.45) is 10.1. The average Bonchev–Trinajstić information content (AvgIpc) is 3.04. The fourth-order valence-corrected chi connectivity index (χ4v) is 7.06. The van der Waals surface area contributed by atoms with E-state index in [1.165, 1.54) is 32.1 Å². The Hall–Kier alpha value is -3.39. The van der Waals surface area contributed by atoms with Crippen molar-refractivity contribution in [1.82, 2.24) is 20.4 Å². The van der Waals surface area contributed by atoms with Gasteiger partial charge in [0, 0.05) is 38.3 Å². The molecule has 2 aromatic carbocycles. The van der Waals surface area contributed by atoms with Crippen LogP contribution in [-0.2, 0) is 22.7 Å². The predicted octanol–water partition coefficient (Wildman–Crippen LogP) is 5.06. The summed E-state index contributed by atoms with van der Waals surface area (Å²) < 4.78 is 5.19. The summed E-state index contributed by atoms with van der Waals surface area (Å²) in [6, 6.07) is 15.0. The van der Waals surface area contributed by atoms with Crippen molar-refractivity contribution in [3.63, 3.8) is 0 Å². The molecule has 232 valence electrons. The number of carbonyl (C=O) groups excluding carboxylic acids is 3. The van der Waals surface area contributed by atoms with Crippen molar-refractivity contribution in [3.8, 4) is 5.75 Å². The molecule has 2 aliphatic heterocycles. The predicted molar refractivity (Wildman–Crippen MR) is 168 cm³/mol. The third-order valence-electron chi connectivity index (χ3n) is 9.76. The Kier molecular flexibility index (Phi) is 10.4. The van der Waals surface area contributed by atoms with Gasteiger partial charge >= 0.3 is 0 Å². The van der Waals surface area contributed by atoms with Crippen LogP contribution in [0.5, 0.6) is 5.75 Å². The molecule has 1 saturated carbocycles. The standard InChI is InChI=1S/C35H48N4O4/c1-3-4-20-39-33(41)31(23-26-8-6-5-7-9-26)37-34(42)35(39)18-21-38(22-19-35)25-28-10-14-29(15-11-28)32(40)36-24-27-12-16-30(43-2)17-13-27/h10-17,26,31H,3-9,18-25H2,1-2H3,(H,36,40)(H,37,42). The molecular weight excluding hydrogens is 540 g/mol. The molecule has 3 amide bonds.